The van der Waals surface area contributed by atoms with E-state index in [1.807, 2.05) is 13.8 Å². The van der Waals surface area contributed by atoms with Crippen molar-refractivity contribution < 1.29 is 52.7 Å². The van der Waals surface area contributed by atoms with E-state index in [9.17, 15) is 38.4 Å². The number of H-pyrrole nitrogens is 1. The van der Waals surface area contributed by atoms with Crippen LogP contribution >= 0.6 is 7.82 Å². The standard InChI is InChI=1S/C30H51N8O11P/c1-6-7-8-9-10-11-38(20(5)40)15-25(41)34-22(12-18(2)3)28(43)35-23(13-21-14-32-17-33-21)29(44)36-24(16-39)30(45)37-26(27(31)42)19(4)49-50(46,47)48/h6,14,17-19,22-24,26,39H,1,7-13,15-16H2,2-5H3,(H2,31,42)(H,32,33)(H,34,41)(H,35,43)(H,36,44)(H,37,45)(H2,46,47,48)/t19-,22+,23+,24+,26+/m1/s1. The zero-order valence-electron chi connectivity index (χ0n) is 28.8. The zero-order chi connectivity index (χ0) is 38.0. The molecule has 6 amide bonds. The summed E-state index contributed by atoms with van der Waals surface area (Å²) in [6.45, 7) is 8.81. The maximum absolute atomic E-state index is 13.6. The second-order valence-corrected chi connectivity index (χ2v) is 13.3. The summed E-state index contributed by atoms with van der Waals surface area (Å²) in [5.74, 6) is -5.05. The van der Waals surface area contributed by atoms with Crippen LogP contribution in [-0.2, 0) is 44.3 Å². The molecule has 5 atom stereocenters. The monoisotopic (exact) mass is 730 g/mol. The first-order valence-corrected chi connectivity index (χ1v) is 17.6. The molecular weight excluding hydrogens is 679 g/mol. The molecule has 1 aromatic rings. The Bertz CT molecular complexity index is 1340. The average Bonchev–Trinajstić information content (AvgIpc) is 3.52. The highest BCUT2D eigenvalue weighted by atomic mass is 31.2. The molecule has 282 valence electrons. The normalized spacial score (nSPS) is 14.4. The number of primary amides is 1. The molecule has 0 spiro atoms. The number of amides is 6. The van der Waals surface area contributed by atoms with Crippen molar-refractivity contribution in [2.45, 2.75) is 96.5 Å². The number of carbonyl (C=O) groups is 6. The van der Waals surface area contributed by atoms with Crippen LogP contribution in [0.1, 0.15) is 65.5 Å². The van der Waals surface area contributed by atoms with Crippen LogP contribution < -0.4 is 27.0 Å². The molecule has 0 saturated carbocycles. The number of rotatable bonds is 24. The molecule has 19 nitrogen and oxygen atoms in total. The zero-order valence-corrected chi connectivity index (χ0v) is 29.7. The van der Waals surface area contributed by atoms with Gasteiger partial charge in [-0.25, -0.2) is 9.55 Å². The van der Waals surface area contributed by atoms with Gasteiger partial charge in [-0.15, -0.1) is 6.58 Å². The third kappa shape index (κ3) is 17.0. The maximum Gasteiger partial charge on any atom is 0.469 e. The topological polar surface area (TPSA) is 295 Å². The fourth-order valence-corrected chi connectivity index (χ4v) is 5.30. The van der Waals surface area contributed by atoms with Gasteiger partial charge in [0.15, 0.2) is 0 Å². The van der Waals surface area contributed by atoms with Crippen molar-refractivity contribution in [3.63, 3.8) is 0 Å². The molecule has 1 rings (SSSR count). The number of aromatic amines is 1. The Morgan fingerprint density at radius 2 is 1.62 bits per heavy atom. The molecule has 20 heteroatoms. The molecule has 0 aliphatic heterocycles. The summed E-state index contributed by atoms with van der Waals surface area (Å²) < 4.78 is 15.6. The van der Waals surface area contributed by atoms with E-state index in [4.69, 9.17) is 15.5 Å². The van der Waals surface area contributed by atoms with Gasteiger partial charge in [0.25, 0.3) is 0 Å². The van der Waals surface area contributed by atoms with E-state index in [1.165, 1.54) is 24.3 Å². The number of hydrogen-bond acceptors (Lipinski definition) is 10. The van der Waals surface area contributed by atoms with Gasteiger partial charge < -0.3 is 51.8 Å². The molecule has 1 heterocycles. The number of hydrogen-bond donors (Lipinski definition) is 9. The van der Waals surface area contributed by atoms with Gasteiger partial charge in [0, 0.05) is 31.8 Å². The van der Waals surface area contributed by atoms with E-state index in [0.29, 0.717) is 18.7 Å². The molecule has 0 fully saturated rings. The lowest BCUT2D eigenvalue weighted by molar-refractivity contribution is -0.137. The average molecular weight is 731 g/mol. The Morgan fingerprint density at radius 1 is 1.00 bits per heavy atom. The van der Waals surface area contributed by atoms with Gasteiger partial charge in [-0.05, 0) is 38.5 Å². The highest BCUT2D eigenvalue weighted by Crippen LogP contribution is 2.38. The van der Waals surface area contributed by atoms with Crippen molar-refractivity contribution in [3.8, 4) is 0 Å². The number of unbranched alkanes of at least 4 members (excludes halogenated alkanes) is 3. The molecule has 1 aromatic heterocycles. The minimum absolute atomic E-state index is 0.0858. The van der Waals surface area contributed by atoms with Crippen LogP contribution in [0.4, 0.5) is 0 Å². The third-order valence-corrected chi connectivity index (χ3v) is 7.89. The number of aliphatic hydroxyl groups excluding tert-OH is 1. The van der Waals surface area contributed by atoms with Gasteiger partial charge >= 0.3 is 7.82 Å². The van der Waals surface area contributed by atoms with E-state index >= 15 is 0 Å². The number of phosphoric ester groups is 1. The molecule has 0 aromatic carbocycles. The number of imidazole rings is 1. The van der Waals surface area contributed by atoms with E-state index in [2.05, 4.69) is 42.3 Å². The fraction of sp³-hybridized carbons (Fsp3) is 0.633. The van der Waals surface area contributed by atoms with Gasteiger partial charge in [-0.3, -0.25) is 33.3 Å². The Labute approximate surface area is 290 Å². The first-order valence-electron chi connectivity index (χ1n) is 16.1. The number of carbonyl (C=O) groups excluding carboxylic acids is 6. The van der Waals surface area contributed by atoms with E-state index < -0.39 is 74.2 Å². The van der Waals surface area contributed by atoms with Crippen LogP contribution in [0.15, 0.2) is 25.2 Å². The molecule has 0 aliphatic rings. The number of phosphoric acid groups is 1. The Balaban J connectivity index is 3.12. The number of allylic oxidation sites excluding steroid dienone is 1. The number of nitrogens with zero attached hydrogens (tertiary/aromatic N) is 2. The number of nitrogens with one attached hydrogen (secondary N) is 5. The van der Waals surface area contributed by atoms with Crippen molar-refractivity contribution in [2.24, 2.45) is 11.7 Å². The van der Waals surface area contributed by atoms with E-state index in [-0.39, 0.29) is 31.2 Å². The van der Waals surface area contributed by atoms with Crippen LogP contribution in [0.2, 0.25) is 0 Å². The molecule has 0 bridgehead atoms. The predicted octanol–water partition coefficient (Wildman–Crippen LogP) is -1.49. The lowest BCUT2D eigenvalue weighted by atomic mass is 10.0. The summed E-state index contributed by atoms with van der Waals surface area (Å²) in [7, 11) is -5.09. The van der Waals surface area contributed by atoms with Crippen LogP contribution in [0.25, 0.3) is 0 Å². The van der Waals surface area contributed by atoms with Gasteiger partial charge in [-0.1, -0.05) is 26.3 Å². The predicted molar refractivity (Wildman–Crippen MR) is 179 cm³/mol. The summed E-state index contributed by atoms with van der Waals surface area (Å²) in [6, 6.07) is -5.99. The van der Waals surface area contributed by atoms with Crippen molar-refractivity contribution in [1.29, 1.82) is 0 Å². The van der Waals surface area contributed by atoms with Crippen LogP contribution in [-0.4, -0.2) is 115 Å². The minimum Gasteiger partial charge on any atom is -0.394 e. The highest BCUT2D eigenvalue weighted by Gasteiger charge is 2.35. The molecule has 0 radical (unpaired) electrons. The highest BCUT2D eigenvalue weighted by molar-refractivity contribution is 7.46. The number of nitrogens with two attached hydrogens (primary N) is 1. The van der Waals surface area contributed by atoms with E-state index in [0.717, 1.165) is 26.2 Å². The van der Waals surface area contributed by atoms with Crippen molar-refractivity contribution in [2.75, 3.05) is 19.7 Å². The minimum atomic E-state index is -5.09. The van der Waals surface area contributed by atoms with Crippen LogP contribution in [0.3, 0.4) is 0 Å². The molecule has 50 heavy (non-hydrogen) atoms. The van der Waals surface area contributed by atoms with Gasteiger partial charge in [0.1, 0.15) is 24.2 Å². The first-order chi connectivity index (χ1) is 23.4. The van der Waals surface area contributed by atoms with Gasteiger partial charge in [-0.2, -0.15) is 0 Å². The van der Waals surface area contributed by atoms with Crippen molar-refractivity contribution in [1.82, 2.24) is 36.1 Å². The Hall–Kier alpha value is -4.16. The lowest BCUT2D eigenvalue weighted by Crippen LogP contribution is -2.60. The number of aromatic nitrogens is 2. The molecule has 0 unspecified atom stereocenters. The van der Waals surface area contributed by atoms with Crippen LogP contribution in [0, 0.1) is 5.92 Å². The third-order valence-electron chi connectivity index (χ3n) is 7.28. The van der Waals surface area contributed by atoms with E-state index in [1.54, 1.807) is 6.08 Å². The fourth-order valence-electron chi connectivity index (χ4n) is 4.75. The maximum atomic E-state index is 13.6. The summed E-state index contributed by atoms with van der Waals surface area (Å²) in [5.41, 5.74) is 5.66. The number of aliphatic hydroxyl groups is 1. The second-order valence-electron chi connectivity index (χ2n) is 12.1. The molecule has 0 aliphatic carbocycles. The van der Waals surface area contributed by atoms with Gasteiger partial charge in [0.05, 0.1) is 25.6 Å². The first kappa shape index (κ1) is 43.9. The lowest BCUT2D eigenvalue weighted by Gasteiger charge is -2.27. The van der Waals surface area contributed by atoms with Gasteiger partial charge in [0.2, 0.25) is 35.4 Å². The molecular formula is C30H51N8O11P. The smallest absolute Gasteiger partial charge is 0.394 e. The molecule has 0 saturated heterocycles. The van der Waals surface area contributed by atoms with Crippen LogP contribution in [0.5, 0.6) is 0 Å². The second kappa shape index (κ2) is 21.8. The molecule has 10 N–H and O–H groups in total. The summed E-state index contributed by atoms with van der Waals surface area (Å²) >= 11 is 0. The largest absolute Gasteiger partial charge is 0.469 e. The Morgan fingerprint density at radius 3 is 2.14 bits per heavy atom. The summed E-state index contributed by atoms with van der Waals surface area (Å²) in [5, 5.41) is 19.5. The quantitative estimate of drug-likeness (QED) is 0.0334. The van der Waals surface area contributed by atoms with Crippen molar-refractivity contribution in [3.05, 3.63) is 30.9 Å². The SMILES string of the molecule is C=CCCCCCN(CC(=O)N[C@@H](CC(C)C)C(=O)N[C@@H](Cc1cnc[nH]1)C(=O)N[C@@H](CO)C(=O)N[C@H](C(N)=O)[C@@H](C)OP(=O)(O)O)C(C)=O. The Kier molecular flexibility index (Phi) is 19.1. The summed E-state index contributed by atoms with van der Waals surface area (Å²) in [6.07, 6.45) is 6.19. The van der Waals surface area contributed by atoms with Crippen molar-refractivity contribution >= 4 is 43.3 Å². The summed E-state index contributed by atoms with van der Waals surface area (Å²) in [4.78, 5) is 103.